The zero-order valence-corrected chi connectivity index (χ0v) is 11.3. The van der Waals surface area contributed by atoms with Gasteiger partial charge in [0.2, 0.25) is 11.2 Å². The van der Waals surface area contributed by atoms with Crippen LogP contribution in [-0.4, -0.2) is 33.1 Å². The van der Waals surface area contributed by atoms with Crippen molar-refractivity contribution in [2.75, 3.05) is 18.5 Å². The van der Waals surface area contributed by atoms with Gasteiger partial charge in [-0.3, -0.25) is 4.98 Å². The minimum Gasteiger partial charge on any atom is -0.464 e. The molecular weight excluding hydrogens is 266 g/mol. The summed E-state index contributed by atoms with van der Waals surface area (Å²) in [6.45, 7) is 2.99. The first-order valence-electron chi connectivity index (χ1n) is 5.96. The zero-order valence-electron chi connectivity index (χ0n) is 10.5. The summed E-state index contributed by atoms with van der Waals surface area (Å²) in [5, 5.41) is 3.18. The fraction of sp³-hybridized carbons (Fsp3) is 0.333. The molecule has 0 aliphatic carbocycles. The Labute approximate surface area is 116 Å². The summed E-state index contributed by atoms with van der Waals surface area (Å²) < 4.78 is 5.19. The van der Waals surface area contributed by atoms with Crippen LogP contribution in [-0.2, 0) is 6.42 Å². The molecule has 0 saturated heterocycles. The molecule has 100 valence electrons. The molecule has 0 radical (unpaired) electrons. The number of pyridine rings is 1. The Hall–Kier alpha value is -1.95. The molecule has 2 aromatic rings. The summed E-state index contributed by atoms with van der Waals surface area (Å²) in [6.07, 6.45) is 2.54. The van der Waals surface area contributed by atoms with Gasteiger partial charge in [-0.1, -0.05) is 6.07 Å². The second kappa shape index (κ2) is 6.84. The summed E-state index contributed by atoms with van der Waals surface area (Å²) in [4.78, 5) is 16.2. The Kier molecular flexibility index (Phi) is 4.85. The molecule has 0 aromatic carbocycles. The maximum Gasteiger partial charge on any atom is 0.322 e. The Morgan fingerprint density at radius 3 is 2.89 bits per heavy atom. The fourth-order valence-electron chi connectivity index (χ4n) is 1.45. The van der Waals surface area contributed by atoms with Gasteiger partial charge in [-0.2, -0.15) is 15.0 Å². The number of nitrogens with one attached hydrogen (secondary N) is 1. The molecule has 0 saturated carbocycles. The Morgan fingerprint density at radius 1 is 1.26 bits per heavy atom. The van der Waals surface area contributed by atoms with Gasteiger partial charge >= 0.3 is 6.01 Å². The van der Waals surface area contributed by atoms with Gasteiger partial charge in [0.15, 0.2) is 0 Å². The molecule has 0 spiro atoms. The Morgan fingerprint density at radius 2 is 2.16 bits per heavy atom. The molecule has 7 heteroatoms. The van der Waals surface area contributed by atoms with E-state index in [0.29, 0.717) is 19.1 Å². The highest BCUT2D eigenvalue weighted by Gasteiger charge is 2.05. The van der Waals surface area contributed by atoms with Crippen LogP contribution in [0.2, 0.25) is 5.28 Å². The van der Waals surface area contributed by atoms with Crippen LogP contribution >= 0.6 is 11.6 Å². The van der Waals surface area contributed by atoms with Crippen LogP contribution in [0, 0.1) is 0 Å². The van der Waals surface area contributed by atoms with Crippen molar-refractivity contribution in [3.63, 3.8) is 0 Å². The van der Waals surface area contributed by atoms with Crippen LogP contribution < -0.4 is 10.1 Å². The quantitative estimate of drug-likeness (QED) is 0.871. The monoisotopic (exact) mass is 279 g/mol. The maximum atomic E-state index is 5.79. The van der Waals surface area contributed by atoms with Gasteiger partial charge in [-0.05, 0) is 30.7 Å². The lowest BCUT2D eigenvalue weighted by molar-refractivity contribution is 0.312. The Balaban J connectivity index is 1.92. The Bertz CT molecular complexity index is 523. The lowest BCUT2D eigenvalue weighted by Crippen LogP contribution is -2.10. The van der Waals surface area contributed by atoms with Gasteiger partial charge in [0.1, 0.15) is 0 Å². The van der Waals surface area contributed by atoms with Gasteiger partial charge in [0, 0.05) is 24.9 Å². The molecule has 0 aliphatic heterocycles. The van der Waals surface area contributed by atoms with E-state index < -0.39 is 0 Å². The van der Waals surface area contributed by atoms with Crippen LogP contribution in [0.1, 0.15) is 12.6 Å². The minimum absolute atomic E-state index is 0.110. The summed E-state index contributed by atoms with van der Waals surface area (Å²) in [7, 11) is 0. The number of ether oxygens (including phenoxy) is 1. The molecule has 6 nitrogen and oxygen atoms in total. The molecule has 2 heterocycles. The second-order valence-electron chi connectivity index (χ2n) is 3.64. The highest BCUT2D eigenvalue weighted by molar-refractivity contribution is 6.28. The van der Waals surface area contributed by atoms with Crippen molar-refractivity contribution >= 4 is 17.5 Å². The molecule has 19 heavy (non-hydrogen) atoms. The number of hydrogen-bond acceptors (Lipinski definition) is 6. The molecule has 2 aromatic heterocycles. The van der Waals surface area contributed by atoms with Gasteiger partial charge in [-0.15, -0.1) is 0 Å². The first kappa shape index (κ1) is 13.5. The summed E-state index contributed by atoms with van der Waals surface area (Å²) in [5.41, 5.74) is 1.00. The fourth-order valence-corrected chi connectivity index (χ4v) is 1.61. The molecule has 0 fully saturated rings. The topological polar surface area (TPSA) is 72.8 Å². The molecule has 0 unspecified atom stereocenters. The normalized spacial score (nSPS) is 10.2. The van der Waals surface area contributed by atoms with E-state index >= 15 is 0 Å². The largest absolute Gasteiger partial charge is 0.464 e. The van der Waals surface area contributed by atoms with Crippen LogP contribution in [0.4, 0.5) is 5.95 Å². The van der Waals surface area contributed by atoms with E-state index in [4.69, 9.17) is 16.3 Å². The number of halogens is 1. The van der Waals surface area contributed by atoms with Crippen LogP contribution in [0.15, 0.2) is 24.4 Å². The van der Waals surface area contributed by atoms with Crippen LogP contribution in [0.5, 0.6) is 6.01 Å². The van der Waals surface area contributed by atoms with Crippen molar-refractivity contribution in [1.82, 2.24) is 19.9 Å². The van der Waals surface area contributed by atoms with Gasteiger partial charge in [-0.25, -0.2) is 0 Å². The van der Waals surface area contributed by atoms with E-state index in [1.165, 1.54) is 0 Å². The number of aromatic nitrogens is 4. The predicted octanol–water partition coefficient (Wildman–Crippen LogP) is 1.97. The van der Waals surface area contributed by atoms with E-state index in [-0.39, 0.29) is 11.3 Å². The molecular formula is C12H14ClN5O. The molecule has 0 atom stereocenters. The van der Waals surface area contributed by atoms with Gasteiger partial charge in [0.25, 0.3) is 0 Å². The standard InChI is InChI=1S/C12H14ClN5O/c1-2-19-12-17-10(13)16-11(18-12)15-8-6-9-5-3-4-7-14-9/h3-5,7H,2,6,8H2,1H3,(H,15,16,17,18). The van der Waals surface area contributed by atoms with E-state index in [1.54, 1.807) is 6.20 Å². The van der Waals surface area contributed by atoms with E-state index in [2.05, 4.69) is 25.3 Å². The summed E-state index contributed by atoms with van der Waals surface area (Å²) in [6, 6.07) is 6.03. The summed E-state index contributed by atoms with van der Waals surface area (Å²) in [5.74, 6) is 0.402. The smallest absolute Gasteiger partial charge is 0.322 e. The van der Waals surface area contributed by atoms with Crippen molar-refractivity contribution in [2.45, 2.75) is 13.3 Å². The van der Waals surface area contributed by atoms with Crippen molar-refractivity contribution in [2.24, 2.45) is 0 Å². The average molecular weight is 280 g/mol. The highest BCUT2D eigenvalue weighted by Crippen LogP contribution is 2.11. The lowest BCUT2D eigenvalue weighted by atomic mass is 10.3. The molecule has 2 rings (SSSR count). The SMILES string of the molecule is CCOc1nc(Cl)nc(NCCc2ccccn2)n1. The first-order chi connectivity index (χ1) is 9.28. The molecule has 0 aliphatic rings. The number of rotatable bonds is 6. The van der Waals surface area contributed by atoms with Crippen LogP contribution in [0.25, 0.3) is 0 Å². The van der Waals surface area contributed by atoms with E-state index in [0.717, 1.165) is 12.1 Å². The summed E-state index contributed by atoms with van der Waals surface area (Å²) >= 11 is 5.79. The zero-order chi connectivity index (χ0) is 13.5. The second-order valence-corrected chi connectivity index (χ2v) is 3.98. The third-order valence-electron chi connectivity index (χ3n) is 2.25. The van der Waals surface area contributed by atoms with E-state index in [9.17, 15) is 0 Å². The first-order valence-corrected chi connectivity index (χ1v) is 6.34. The van der Waals surface area contributed by atoms with Crippen molar-refractivity contribution < 1.29 is 4.74 Å². The van der Waals surface area contributed by atoms with Crippen LogP contribution in [0.3, 0.4) is 0 Å². The molecule has 0 amide bonds. The predicted molar refractivity (Wildman–Crippen MR) is 72.4 cm³/mol. The third-order valence-corrected chi connectivity index (χ3v) is 2.42. The van der Waals surface area contributed by atoms with Crippen molar-refractivity contribution in [1.29, 1.82) is 0 Å². The molecule has 0 bridgehead atoms. The average Bonchev–Trinajstić information content (AvgIpc) is 2.40. The highest BCUT2D eigenvalue weighted by atomic mass is 35.5. The van der Waals surface area contributed by atoms with Gasteiger partial charge in [0.05, 0.1) is 6.61 Å². The lowest BCUT2D eigenvalue weighted by Gasteiger charge is -2.06. The minimum atomic E-state index is 0.110. The van der Waals surface area contributed by atoms with Gasteiger partial charge < -0.3 is 10.1 Å². The number of nitrogens with zero attached hydrogens (tertiary/aromatic N) is 4. The maximum absolute atomic E-state index is 5.79. The molecule has 1 N–H and O–H groups in total. The van der Waals surface area contributed by atoms with Crippen molar-refractivity contribution in [3.8, 4) is 6.01 Å². The third kappa shape index (κ3) is 4.33. The number of anilines is 1. The number of hydrogen-bond donors (Lipinski definition) is 1. The van der Waals surface area contributed by atoms with Crippen molar-refractivity contribution in [3.05, 3.63) is 35.4 Å². The van der Waals surface area contributed by atoms with E-state index in [1.807, 2.05) is 25.1 Å².